The van der Waals surface area contributed by atoms with Crippen LogP contribution >= 0.6 is 11.8 Å². The van der Waals surface area contributed by atoms with Crippen LogP contribution < -0.4 is 19.5 Å². The predicted octanol–water partition coefficient (Wildman–Crippen LogP) is 4.52. The molecule has 0 bridgehead atoms. The van der Waals surface area contributed by atoms with Crippen molar-refractivity contribution >= 4 is 23.4 Å². The van der Waals surface area contributed by atoms with Gasteiger partial charge in [0.05, 0.1) is 27.0 Å². The van der Waals surface area contributed by atoms with E-state index in [1.54, 1.807) is 21.3 Å². The Bertz CT molecular complexity index is 969. The molecule has 0 spiro atoms. The number of aromatic nitrogens is 2. The Kier molecular flexibility index (Phi) is 4.77. The Balaban J connectivity index is 1.71. The van der Waals surface area contributed by atoms with Gasteiger partial charge in [-0.1, -0.05) is 18.2 Å². The molecule has 0 unspecified atom stereocenters. The van der Waals surface area contributed by atoms with Crippen molar-refractivity contribution in [1.82, 2.24) is 9.97 Å². The van der Waals surface area contributed by atoms with E-state index in [1.165, 1.54) is 4.90 Å². The maximum atomic E-state index is 5.41. The molecule has 1 aromatic heterocycles. The maximum absolute atomic E-state index is 5.41. The maximum Gasteiger partial charge on any atom is 0.227 e. The third-order valence-corrected chi connectivity index (χ3v) is 5.43. The fourth-order valence-corrected chi connectivity index (χ4v) is 4.05. The van der Waals surface area contributed by atoms with Crippen LogP contribution in [-0.2, 0) is 5.75 Å². The van der Waals surface area contributed by atoms with Crippen LogP contribution in [-0.4, -0.2) is 31.3 Å². The summed E-state index contributed by atoms with van der Waals surface area (Å²) in [6, 6.07) is 12.0. The quantitative estimate of drug-likeness (QED) is 0.697. The number of thioether (sulfide) groups is 1. The van der Waals surface area contributed by atoms with Crippen LogP contribution in [0.2, 0.25) is 0 Å². The molecule has 1 aliphatic rings. The van der Waals surface area contributed by atoms with E-state index in [1.807, 2.05) is 42.2 Å². The van der Waals surface area contributed by atoms with Crippen LogP contribution in [0.4, 0.5) is 11.6 Å². The van der Waals surface area contributed by atoms with E-state index >= 15 is 0 Å². The number of hydrogen-bond donors (Lipinski definition) is 1. The summed E-state index contributed by atoms with van der Waals surface area (Å²) in [6.07, 6.45) is 1.88. The molecule has 7 heteroatoms. The van der Waals surface area contributed by atoms with Gasteiger partial charge in [-0.05, 0) is 6.07 Å². The zero-order valence-corrected chi connectivity index (χ0v) is 16.1. The summed E-state index contributed by atoms with van der Waals surface area (Å²) < 4.78 is 16.2. The first-order valence-corrected chi connectivity index (χ1v) is 9.37. The second kappa shape index (κ2) is 7.36. The largest absolute Gasteiger partial charge is 0.493 e. The number of anilines is 2. The average Bonchev–Trinajstić information content (AvgIpc) is 2.72. The fourth-order valence-electron chi connectivity index (χ4n) is 3.03. The zero-order chi connectivity index (χ0) is 18.8. The van der Waals surface area contributed by atoms with Crippen molar-refractivity contribution < 1.29 is 14.2 Å². The lowest BCUT2D eigenvalue weighted by Gasteiger charge is -2.19. The van der Waals surface area contributed by atoms with Gasteiger partial charge in [0.2, 0.25) is 11.7 Å². The molecule has 4 rings (SSSR count). The van der Waals surface area contributed by atoms with Crippen molar-refractivity contribution in [2.75, 3.05) is 26.6 Å². The lowest BCUT2D eigenvalue weighted by molar-refractivity contribution is 0.324. The topological polar surface area (TPSA) is 65.5 Å². The molecule has 0 saturated heterocycles. The summed E-state index contributed by atoms with van der Waals surface area (Å²) in [5.41, 5.74) is 3.99. The lowest BCUT2D eigenvalue weighted by atomic mass is 10.1. The van der Waals surface area contributed by atoms with Crippen LogP contribution in [0.25, 0.3) is 11.3 Å². The van der Waals surface area contributed by atoms with E-state index in [0.29, 0.717) is 23.2 Å². The molecule has 0 saturated carbocycles. The van der Waals surface area contributed by atoms with Gasteiger partial charge in [-0.2, -0.15) is 0 Å². The minimum absolute atomic E-state index is 0.518. The lowest BCUT2D eigenvalue weighted by Crippen LogP contribution is -2.05. The van der Waals surface area contributed by atoms with Crippen molar-refractivity contribution in [1.29, 1.82) is 0 Å². The second-order valence-electron chi connectivity index (χ2n) is 5.89. The third-order valence-electron chi connectivity index (χ3n) is 4.31. The number of methoxy groups -OCH3 is 3. The Hall–Kier alpha value is -2.93. The van der Waals surface area contributed by atoms with E-state index in [4.69, 9.17) is 19.2 Å². The van der Waals surface area contributed by atoms with E-state index in [9.17, 15) is 0 Å². The molecular weight excluding hydrogens is 362 g/mol. The molecule has 0 aliphatic carbocycles. The summed E-state index contributed by atoms with van der Waals surface area (Å²) >= 11 is 1.81. The smallest absolute Gasteiger partial charge is 0.227 e. The number of benzene rings is 2. The van der Waals surface area contributed by atoms with Gasteiger partial charge in [0.25, 0.3) is 0 Å². The van der Waals surface area contributed by atoms with Gasteiger partial charge in [0, 0.05) is 45.8 Å². The predicted molar refractivity (Wildman–Crippen MR) is 106 cm³/mol. The molecule has 6 nitrogen and oxygen atoms in total. The van der Waals surface area contributed by atoms with Crippen molar-refractivity contribution in [3.05, 3.63) is 48.2 Å². The molecule has 2 aromatic carbocycles. The van der Waals surface area contributed by atoms with Crippen molar-refractivity contribution in [3.8, 4) is 28.5 Å². The van der Waals surface area contributed by atoms with Crippen LogP contribution in [0.15, 0.2) is 47.5 Å². The van der Waals surface area contributed by atoms with E-state index in [-0.39, 0.29) is 0 Å². The highest BCUT2D eigenvalue weighted by Crippen LogP contribution is 2.42. The Morgan fingerprint density at radius 3 is 2.44 bits per heavy atom. The molecule has 138 valence electrons. The summed E-state index contributed by atoms with van der Waals surface area (Å²) in [6.45, 7) is 0. The van der Waals surface area contributed by atoms with E-state index in [2.05, 4.69) is 22.4 Å². The van der Waals surface area contributed by atoms with Gasteiger partial charge in [-0.15, -0.1) is 11.8 Å². The van der Waals surface area contributed by atoms with Crippen molar-refractivity contribution in [2.45, 2.75) is 10.6 Å². The Morgan fingerprint density at radius 1 is 1.00 bits per heavy atom. The van der Waals surface area contributed by atoms with E-state index < -0.39 is 0 Å². The van der Waals surface area contributed by atoms with Crippen molar-refractivity contribution in [3.63, 3.8) is 0 Å². The van der Waals surface area contributed by atoms with Gasteiger partial charge in [0.1, 0.15) is 0 Å². The van der Waals surface area contributed by atoms with Crippen LogP contribution in [0.3, 0.4) is 0 Å². The van der Waals surface area contributed by atoms with Gasteiger partial charge in [-0.3, -0.25) is 0 Å². The standard InChI is InChI=1S/C20H19N3O3S/c1-24-15-8-13(9-16(25-2)19(15)26-3)22-20-21-10-12-11-27-17-7-5-4-6-14(17)18(12)23-20/h4-10H,11H2,1-3H3,(H,21,22,23). The molecule has 27 heavy (non-hydrogen) atoms. The average molecular weight is 381 g/mol. The number of nitrogens with zero attached hydrogens (tertiary/aromatic N) is 2. The minimum Gasteiger partial charge on any atom is -0.493 e. The highest BCUT2D eigenvalue weighted by molar-refractivity contribution is 7.98. The third kappa shape index (κ3) is 3.26. The first-order valence-electron chi connectivity index (χ1n) is 8.38. The van der Waals surface area contributed by atoms with Gasteiger partial charge < -0.3 is 19.5 Å². The molecule has 0 radical (unpaired) electrons. The van der Waals surface area contributed by atoms with Crippen molar-refractivity contribution in [2.24, 2.45) is 0 Å². The molecular formula is C20H19N3O3S. The SMILES string of the molecule is COc1cc(Nc2ncc3c(n2)-c2ccccc2SC3)cc(OC)c1OC. The summed E-state index contributed by atoms with van der Waals surface area (Å²) in [5.74, 6) is 3.07. The number of nitrogens with one attached hydrogen (secondary N) is 1. The van der Waals surface area contributed by atoms with E-state index in [0.717, 1.165) is 28.3 Å². The molecule has 1 N–H and O–H groups in total. The minimum atomic E-state index is 0.518. The molecule has 0 atom stereocenters. The summed E-state index contributed by atoms with van der Waals surface area (Å²) in [4.78, 5) is 10.5. The Morgan fingerprint density at radius 2 is 1.74 bits per heavy atom. The molecule has 3 aromatic rings. The van der Waals surface area contributed by atoms with Crippen LogP contribution in [0, 0.1) is 0 Å². The monoisotopic (exact) mass is 381 g/mol. The molecule has 2 heterocycles. The first-order chi connectivity index (χ1) is 13.2. The molecule has 0 amide bonds. The number of hydrogen-bond acceptors (Lipinski definition) is 7. The van der Waals surface area contributed by atoms with Crippen LogP contribution in [0.5, 0.6) is 17.2 Å². The summed E-state index contributed by atoms with van der Waals surface area (Å²) in [7, 11) is 4.76. The van der Waals surface area contributed by atoms with Gasteiger partial charge in [-0.25, -0.2) is 9.97 Å². The van der Waals surface area contributed by atoms with Gasteiger partial charge >= 0.3 is 0 Å². The first kappa shape index (κ1) is 17.5. The second-order valence-corrected chi connectivity index (χ2v) is 6.91. The van der Waals surface area contributed by atoms with Crippen LogP contribution in [0.1, 0.15) is 5.56 Å². The number of ether oxygens (including phenoxy) is 3. The normalized spacial score (nSPS) is 12.0. The summed E-state index contributed by atoms with van der Waals surface area (Å²) in [5, 5.41) is 3.24. The highest BCUT2D eigenvalue weighted by Gasteiger charge is 2.19. The zero-order valence-electron chi connectivity index (χ0n) is 15.3. The molecule has 0 fully saturated rings. The fraction of sp³-hybridized carbons (Fsp3) is 0.200. The molecule has 1 aliphatic heterocycles. The number of fused-ring (bicyclic) bond motifs is 3. The Labute approximate surface area is 161 Å². The highest BCUT2D eigenvalue weighted by atomic mass is 32.2. The number of rotatable bonds is 5. The van der Waals surface area contributed by atoms with Gasteiger partial charge in [0.15, 0.2) is 11.5 Å².